The van der Waals surface area contributed by atoms with Gasteiger partial charge in [0.25, 0.3) is 0 Å². The molecule has 21 heavy (non-hydrogen) atoms. The maximum absolute atomic E-state index is 11.1. The minimum absolute atomic E-state index is 0.545. The van der Waals surface area contributed by atoms with E-state index in [0.29, 0.717) is 22.2 Å². The predicted molar refractivity (Wildman–Crippen MR) is 83.9 cm³/mol. The van der Waals surface area contributed by atoms with E-state index in [1.54, 1.807) is 24.3 Å². The van der Waals surface area contributed by atoms with E-state index in [-0.39, 0.29) is 0 Å². The molecule has 5 N–H and O–H groups in total. The Morgan fingerprint density at radius 1 is 0.952 bits per heavy atom. The minimum atomic E-state index is -1.49. The molecular formula is C14H13N5OS. The Hall–Kier alpha value is -2.51. The van der Waals surface area contributed by atoms with Gasteiger partial charge in [0.05, 0.1) is 10.6 Å². The molecule has 7 heteroatoms. The van der Waals surface area contributed by atoms with Crippen molar-refractivity contribution in [3.8, 4) is 0 Å². The van der Waals surface area contributed by atoms with Crippen LogP contribution < -0.4 is 10.9 Å². The van der Waals surface area contributed by atoms with Gasteiger partial charge in [-0.2, -0.15) is 0 Å². The summed E-state index contributed by atoms with van der Waals surface area (Å²) < 4.78 is 11.1. The van der Waals surface area contributed by atoms with Crippen molar-refractivity contribution in [2.75, 3.05) is 5.73 Å². The van der Waals surface area contributed by atoms with Crippen molar-refractivity contribution in [2.24, 2.45) is 15.4 Å². The van der Waals surface area contributed by atoms with E-state index >= 15 is 0 Å². The predicted octanol–water partition coefficient (Wildman–Crippen LogP) is 3.15. The Kier molecular flexibility index (Phi) is 3.51. The molecule has 0 radical (unpaired) electrons. The molecule has 0 fully saturated rings. The quantitative estimate of drug-likeness (QED) is 0.645. The Balaban J connectivity index is 1.92. The number of aromatic amines is 1. The molecule has 106 valence electrons. The van der Waals surface area contributed by atoms with Crippen molar-refractivity contribution in [2.45, 2.75) is 4.90 Å². The van der Waals surface area contributed by atoms with Crippen LogP contribution in [-0.2, 0) is 11.0 Å². The van der Waals surface area contributed by atoms with Gasteiger partial charge in [0, 0.05) is 10.8 Å². The molecule has 1 atom stereocenters. The second-order valence-corrected chi connectivity index (χ2v) is 5.49. The van der Waals surface area contributed by atoms with E-state index in [9.17, 15) is 4.21 Å². The fourth-order valence-corrected chi connectivity index (χ4v) is 2.42. The topological polar surface area (TPSA) is 110 Å². The third-order valence-corrected chi connectivity index (χ3v) is 3.80. The van der Waals surface area contributed by atoms with Gasteiger partial charge < -0.3 is 10.7 Å². The molecule has 0 spiro atoms. The number of nitrogens with zero attached hydrogens (tertiary/aromatic N) is 2. The third kappa shape index (κ3) is 2.69. The summed E-state index contributed by atoms with van der Waals surface area (Å²) in [7, 11) is -1.49. The number of H-pyrrole nitrogens is 1. The molecule has 0 aliphatic heterocycles. The third-order valence-electron chi connectivity index (χ3n) is 3.06. The number of rotatable bonds is 3. The number of aromatic nitrogens is 1. The summed E-state index contributed by atoms with van der Waals surface area (Å²) in [5, 5.41) is 15.4. The summed E-state index contributed by atoms with van der Waals surface area (Å²) in [6.45, 7) is 0. The van der Waals surface area contributed by atoms with Gasteiger partial charge in [-0.25, -0.2) is 9.35 Å². The van der Waals surface area contributed by atoms with Crippen molar-refractivity contribution >= 4 is 39.1 Å². The summed E-state index contributed by atoms with van der Waals surface area (Å²) in [6.07, 6.45) is 0. The monoisotopic (exact) mass is 299 g/mol. The lowest BCUT2D eigenvalue weighted by atomic mass is 10.2. The van der Waals surface area contributed by atoms with E-state index in [0.717, 1.165) is 10.8 Å². The molecule has 3 rings (SSSR count). The lowest BCUT2D eigenvalue weighted by Crippen LogP contribution is -2.01. The minimum Gasteiger partial charge on any atom is -0.385 e. The number of anilines is 1. The van der Waals surface area contributed by atoms with Crippen molar-refractivity contribution in [3.63, 3.8) is 0 Å². The lowest BCUT2D eigenvalue weighted by molar-refractivity contribution is 0.684. The van der Waals surface area contributed by atoms with Gasteiger partial charge in [0.15, 0.2) is 5.82 Å². The Labute approximate surface area is 123 Å². The molecule has 3 aromatic rings. The molecule has 0 aliphatic rings. The summed E-state index contributed by atoms with van der Waals surface area (Å²) in [4.78, 5) is 3.55. The Morgan fingerprint density at radius 3 is 2.29 bits per heavy atom. The van der Waals surface area contributed by atoms with Crippen LogP contribution in [0.4, 0.5) is 17.3 Å². The fourth-order valence-electron chi connectivity index (χ4n) is 2.02. The van der Waals surface area contributed by atoms with Gasteiger partial charge in [-0.3, -0.25) is 0 Å². The van der Waals surface area contributed by atoms with Gasteiger partial charge in [0.2, 0.25) is 0 Å². The van der Waals surface area contributed by atoms with E-state index in [2.05, 4.69) is 15.2 Å². The molecule has 6 nitrogen and oxygen atoms in total. The first-order chi connectivity index (χ1) is 10.1. The lowest BCUT2D eigenvalue weighted by Gasteiger charge is -1.96. The number of benzene rings is 2. The summed E-state index contributed by atoms with van der Waals surface area (Å²) in [5.74, 6) is 1.17. The van der Waals surface area contributed by atoms with E-state index < -0.39 is 11.0 Å². The molecule has 0 aliphatic carbocycles. The smallest absolute Gasteiger partial charge is 0.162 e. The summed E-state index contributed by atoms with van der Waals surface area (Å²) in [6, 6.07) is 14.4. The number of hydrogen-bond donors (Lipinski definition) is 3. The molecule has 0 bridgehead atoms. The van der Waals surface area contributed by atoms with Crippen LogP contribution in [-0.4, -0.2) is 9.19 Å². The van der Waals surface area contributed by atoms with Crippen LogP contribution in [0, 0.1) is 0 Å². The molecule has 1 aromatic heterocycles. The summed E-state index contributed by atoms with van der Waals surface area (Å²) in [5.41, 5.74) is 6.53. The van der Waals surface area contributed by atoms with E-state index in [1.807, 2.05) is 24.3 Å². The first-order valence-corrected chi connectivity index (χ1v) is 7.40. The van der Waals surface area contributed by atoms with Crippen LogP contribution in [0.5, 0.6) is 0 Å². The van der Waals surface area contributed by atoms with Crippen molar-refractivity contribution in [1.29, 1.82) is 0 Å². The highest BCUT2D eigenvalue weighted by Crippen LogP contribution is 2.31. The number of fused-ring (bicyclic) bond motifs is 1. The van der Waals surface area contributed by atoms with Crippen LogP contribution in [0.2, 0.25) is 0 Å². The zero-order valence-electron chi connectivity index (χ0n) is 11.0. The fraction of sp³-hybridized carbons (Fsp3) is 0. The van der Waals surface area contributed by atoms with Gasteiger partial charge in [0.1, 0.15) is 16.8 Å². The van der Waals surface area contributed by atoms with Crippen molar-refractivity contribution in [1.82, 2.24) is 4.98 Å². The summed E-state index contributed by atoms with van der Waals surface area (Å²) >= 11 is 0. The van der Waals surface area contributed by atoms with E-state index in [1.165, 1.54) is 0 Å². The first-order valence-electron chi connectivity index (χ1n) is 6.19. The molecule has 1 heterocycles. The zero-order chi connectivity index (χ0) is 14.8. The van der Waals surface area contributed by atoms with E-state index in [4.69, 9.17) is 10.9 Å². The highest BCUT2D eigenvalue weighted by molar-refractivity contribution is 7.82. The largest absolute Gasteiger partial charge is 0.385 e. The maximum Gasteiger partial charge on any atom is 0.162 e. The van der Waals surface area contributed by atoms with Crippen LogP contribution in [0.15, 0.2) is 63.7 Å². The zero-order valence-corrected chi connectivity index (χ0v) is 11.8. The van der Waals surface area contributed by atoms with Crippen LogP contribution >= 0.6 is 0 Å². The average Bonchev–Trinajstić information content (AvgIpc) is 2.83. The van der Waals surface area contributed by atoms with Crippen LogP contribution in [0.25, 0.3) is 10.8 Å². The molecule has 0 saturated heterocycles. The molecular weight excluding hydrogens is 286 g/mol. The number of hydrogen-bond acceptors (Lipinski definition) is 4. The Morgan fingerprint density at radius 2 is 1.62 bits per heavy atom. The van der Waals surface area contributed by atoms with Crippen molar-refractivity contribution < 1.29 is 4.21 Å². The standard InChI is InChI=1S/C14H13N5OS/c15-13-11-3-1-2-4-12(11)14(17-13)19-18-9-5-7-10(8-6-9)21(16)20/h1-8,17H,15-16H2. The first kappa shape index (κ1) is 13.5. The highest BCUT2D eigenvalue weighted by atomic mass is 32.2. The Bertz CT molecular complexity index is 838. The molecule has 0 saturated carbocycles. The average molecular weight is 299 g/mol. The maximum atomic E-state index is 11.1. The van der Waals surface area contributed by atoms with Gasteiger partial charge >= 0.3 is 0 Å². The molecule has 1 unspecified atom stereocenters. The van der Waals surface area contributed by atoms with Gasteiger partial charge in [-0.1, -0.05) is 24.3 Å². The number of nitrogens with one attached hydrogen (secondary N) is 1. The van der Waals surface area contributed by atoms with Gasteiger partial charge in [-0.15, -0.1) is 10.2 Å². The van der Waals surface area contributed by atoms with Crippen LogP contribution in [0.1, 0.15) is 0 Å². The van der Waals surface area contributed by atoms with Crippen LogP contribution in [0.3, 0.4) is 0 Å². The number of nitrogens with two attached hydrogens (primary N) is 2. The SMILES string of the molecule is Nc1[nH]c(N=Nc2ccc(S(N)=O)cc2)c2ccccc12. The molecule has 0 amide bonds. The second-order valence-electron chi connectivity index (χ2n) is 4.42. The molecule has 2 aromatic carbocycles. The van der Waals surface area contributed by atoms with Gasteiger partial charge in [-0.05, 0) is 24.3 Å². The number of azo groups is 1. The highest BCUT2D eigenvalue weighted by Gasteiger charge is 2.06. The number of nitrogen functional groups attached to an aromatic ring is 1. The second kappa shape index (κ2) is 5.47. The normalized spacial score (nSPS) is 13.0. The van der Waals surface area contributed by atoms with Crippen molar-refractivity contribution in [3.05, 3.63) is 48.5 Å².